The molecule has 3 N–H and O–H groups in total. The Morgan fingerprint density at radius 1 is 0.424 bits per heavy atom. The van der Waals surface area contributed by atoms with Gasteiger partial charge in [0.1, 0.15) is 0 Å². The average Bonchev–Trinajstić information content (AvgIpc) is 3.32. The first-order valence-electron chi connectivity index (χ1n) is 28.9. The van der Waals surface area contributed by atoms with Crippen molar-refractivity contribution in [2.75, 3.05) is 13.2 Å². The summed E-state index contributed by atoms with van der Waals surface area (Å²) in [5.41, 5.74) is 0. The number of amides is 1. The SMILES string of the molecule is CCCCCC/C=C\CCCCCCCC(=O)OCCCCC/C=C\C=C/CCCCCCCCC(=O)NC(CO)C(O)/C=C/CCCCCCCCCCCCCCCCCCCCC. The molecule has 0 fully saturated rings. The number of esters is 1. The smallest absolute Gasteiger partial charge is 0.305 e. The predicted octanol–water partition coefficient (Wildman–Crippen LogP) is 17.8. The van der Waals surface area contributed by atoms with Gasteiger partial charge in [0, 0.05) is 12.8 Å². The molecule has 0 radical (unpaired) electrons. The zero-order valence-electron chi connectivity index (χ0n) is 43.9. The van der Waals surface area contributed by atoms with E-state index in [1.54, 1.807) is 6.08 Å². The van der Waals surface area contributed by atoms with Gasteiger partial charge in [-0.2, -0.15) is 0 Å². The molecule has 1 amide bonds. The molecule has 0 bridgehead atoms. The Bertz CT molecular complexity index is 1110. The number of aliphatic hydroxyl groups excluding tert-OH is 2. The Morgan fingerprint density at radius 2 is 0.758 bits per heavy atom. The van der Waals surface area contributed by atoms with Crippen LogP contribution in [0.2, 0.25) is 0 Å². The lowest BCUT2D eigenvalue weighted by molar-refractivity contribution is -0.143. The molecule has 0 aromatic heterocycles. The van der Waals surface area contributed by atoms with Gasteiger partial charge < -0.3 is 20.3 Å². The highest BCUT2D eigenvalue weighted by Crippen LogP contribution is 2.16. The maximum absolute atomic E-state index is 12.5. The fourth-order valence-corrected chi connectivity index (χ4v) is 8.62. The number of hydrogen-bond acceptors (Lipinski definition) is 5. The zero-order valence-corrected chi connectivity index (χ0v) is 43.9. The second-order valence-electron chi connectivity index (χ2n) is 19.6. The van der Waals surface area contributed by atoms with Crippen LogP contribution in [0, 0.1) is 0 Å². The predicted molar refractivity (Wildman–Crippen MR) is 287 cm³/mol. The molecular weight excluding hydrogens is 815 g/mol. The summed E-state index contributed by atoms with van der Waals surface area (Å²) in [6.07, 6.45) is 69.9. The van der Waals surface area contributed by atoms with Crippen molar-refractivity contribution < 1.29 is 24.5 Å². The molecule has 66 heavy (non-hydrogen) atoms. The van der Waals surface area contributed by atoms with E-state index in [0.29, 0.717) is 19.4 Å². The van der Waals surface area contributed by atoms with E-state index in [2.05, 4.69) is 55.6 Å². The minimum Gasteiger partial charge on any atom is -0.466 e. The van der Waals surface area contributed by atoms with E-state index < -0.39 is 12.1 Å². The van der Waals surface area contributed by atoms with Crippen molar-refractivity contribution in [3.05, 3.63) is 48.6 Å². The monoisotopic (exact) mass is 926 g/mol. The number of allylic oxidation sites excluding steroid dienone is 7. The molecule has 0 rings (SSSR count). The van der Waals surface area contributed by atoms with Gasteiger partial charge in [0.25, 0.3) is 0 Å². The molecule has 2 atom stereocenters. The van der Waals surface area contributed by atoms with Gasteiger partial charge in [-0.3, -0.25) is 9.59 Å². The van der Waals surface area contributed by atoms with Gasteiger partial charge in [-0.1, -0.05) is 242 Å². The summed E-state index contributed by atoms with van der Waals surface area (Å²) >= 11 is 0. The molecule has 6 nitrogen and oxygen atoms in total. The molecule has 0 heterocycles. The van der Waals surface area contributed by atoms with Crippen LogP contribution < -0.4 is 5.32 Å². The molecule has 2 unspecified atom stereocenters. The maximum atomic E-state index is 12.5. The van der Waals surface area contributed by atoms with E-state index in [1.807, 2.05) is 6.08 Å². The largest absolute Gasteiger partial charge is 0.466 e. The van der Waals surface area contributed by atoms with Crippen LogP contribution in [-0.2, 0) is 14.3 Å². The van der Waals surface area contributed by atoms with Crippen molar-refractivity contribution in [2.45, 2.75) is 309 Å². The Kier molecular flexibility index (Phi) is 53.6. The Hall–Kier alpha value is -2.18. The molecule has 0 aromatic carbocycles. The van der Waals surface area contributed by atoms with E-state index in [9.17, 15) is 19.8 Å². The highest BCUT2D eigenvalue weighted by atomic mass is 16.5. The molecule has 0 aliphatic rings. The number of rotatable bonds is 53. The third-order valence-electron chi connectivity index (χ3n) is 13.1. The maximum Gasteiger partial charge on any atom is 0.305 e. The molecule has 6 heteroatoms. The minimum atomic E-state index is -0.861. The van der Waals surface area contributed by atoms with Crippen molar-refractivity contribution in [3.63, 3.8) is 0 Å². The van der Waals surface area contributed by atoms with E-state index in [4.69, 9.17) is 4.74 Å². The molecule has 0 aliphatic heterocycles. The fraction of sp³-hybridized carbons (Fsp3) is 0.833. The number of aliphatic hydroxyl groups is 2. The summed E-state index contributed by atoms with van der Waals surface area (Å²) in [5, 5.41) is 23.1. The quantitative estimate of drug-likeness (QED) is 0.0244. The van der Waals surface area contributed by atoms with Crippen molar-refractivity contribution in [1.29, 1.82) is 0 Å². The molecule has 386 valence electrons. The van der Waals surface area contributed by atoms with E-state index in [-0.39, 0.29) is 18.5 Å². The van der Waals surface area contributed by atoms with Crippen LogP contribution in [0.15, 0.2) is 48.6 Å². The molecule has 0 saturated heterocycles. The number of hydrogen-bond donors (Lipinski definition) is 3. The number of ether oxygens (including phenoxy) is 1. The van der Waals surface area contributed by atoms with Crippen molar-refractivity contribution in [1.82, 2.24) is 5.32 Å². The second kappa shape index (κ2) is 55.4. The molecule has 0 aliphatic carbocycles. The first-order chi connectivity index (χ1) is 32.5. The standard InChI is InChI=1S/C60H111NO5/c1-3-5-7-9-11-13-15-17-18-19-20-21-22-23-25-29-32-36-40-44-48-52-58(63)57(56-62)61-59(64)53-49-45-41-37-33-30-26-24-27-31-35-39-43-47-51-55-66-60(65)54-50-46-42-38-34-28-16-14-12-10-8-6-4-2/h14,16,24,27,31,35,48,52,57-58,62-63H,3-13,15,17-23,25-26,28-30,32-34,36-47,49-51,53-56H2,1-2H3,(H,61,64)/b16-14-,27-24-,35-31-,52-48+. The van der Waals surface area contributed by atoms with Crippen LogP contribution >= 0.6 is 0 Å². The lowest BCUT2D eigenvalue weighted by Crippen LogP contribution is -2.45. The van der Waals surface area contributed by atoms with Gasteiger partial charge in [-0.05, 0) is 89.9 Å². The second-order valence-corrected chi connectivity index (χ2v) is 19.6. The molecule has 0 spiro atoms. The average molecular weight is 927 g/mol. The van der Waals surface area contributed by atoms with E-state index in [1.165, 1.54) is 193 Å². The Balaban J connectivity index is 3.56. The normalized spacial score (nSPS) is 13.0. The number of carbonyl (C=O) groups excluding carboxylic acids is 2. The van der Waals surface area contributed by atoms with E-state index in [0.717, 1.165) is 77.0 Å². The van der Waals surface area contributed by atoms with Crippen molar-refractivity contribution in [3.8, 4) is 0 Å². The summed E-state index contributed by atoms with van der Waals surface area (Å²) < 4.78 is 5.43. The van der Waals surface area contributed by atoms with Crippen LogP contribution in [0.4, 0.5) is 0 Å². The highest BCUT2D eigenvalue weighted by molar-refractivity contribution is 5.76. The summed E-state index contributed by atoms with van der Waals surface area (Å²) in [4.78, 5) is 24.5. The van der Waals surface area contributed by atoms with Crippen LogP contribution in [0.25, 0.3) is 0 Å². The van der Waals surface area contributed by atoms with Crippen LogP contribution in [0.1, 0.15) is 296 Å². The lowest BCUT2D eigenvalue weighted by atomic mass is 10.0. The lowest BCUT2D eigenvalue weighted by Gasteiger charge is -2.20. The molecule has 0 saturated carbocycles. The number of unbranched alkanes of at least 4 members (excludes halogenated alkanes) is 37. The number of carbonyl (C=O) groups is 2. The van der Waals surface area contributed by atoms with Crippen LogP contribution in [0.5, 0.6) is 0 Å². The van der Waals surface area contributed by atoms with Gasteiger partial charge in [0.2, 0.25) is 5.91 Å². The zero-order chi connectivity index (χ0) is 47.9. The van der Waals surface area contributed by atoms with Crippen LogP contribution in [0.3, 0.4) is 0 Å². The fourth-order valence-electron chi connectivity index (χ4n) is 8.62. The summed E-state index contributed by atoms with van der Waals surface area (Å²) in [6.45, 7) is 4.83. The number of nitrogens with one attached hydrogen (secondary N) is 1. The van der Waals surface area contributed by atoms with Crippen molar-refractivity contribution >= 4 is 11.9 Å². The highest BCUT2D eigenvalue weighted by Gasteiger charge is 2.18. The minimum absolute atomic E-state index is 0.0324. The molecule has 0 aromatic rings. The summed E-state index contributed by atoms with van der Waals surface area (Å²) in [5.74, 6) is -0.122. The molecular formula is C60H111NO5. The van der Waals surface area contributed by atoms with Gasteiger partial charge in [-0.15, -0.1) is 0 Å². The summed E-state index contributed by atoms with van der Waals surface area (Å²) in [6, 6.07) is -0.646. The van der Waals surface area contributed by atoms with E-state index >= 15 is 0 Å². The van der Waals surface area contributed by atoms with Crippen molar-refractivity contribution in [2.24, 2.45) is 0 Å². The van der Waals surface area contributed by atoms with Gasteiger partial charge in [0.15, 0.2) is 0 Å². The first kappa shape index (κ1) is 63.8. The topological polar surface area (TPSA) is 95.9 Å². The van der Waals surface area contributed by atoms with Gasteiger partial charge in [-0.25, -0.2) is 0 Å². The van der Waals surface area contributed by atoms with Gasteiger partial charge in [0.05, 0.1) is 25.4 Å². The third kappa shape index (κ3) is 51.2. The Morgan fingerprint density at radius 3 is 1.18 bits per heavy atom. The first-order valence-corrected chi connectivity index (χ1v) is 28.9. The summed E-state index contributed by atoms with van der Waals surface area (Å²) in [7, 11) is 0. The third-order valence-corrected chi connectivity index (χ3v) is 13.1. The Labute approximate surface area is 410 Å². The van der Waals surface area contributed by atoms with Gasteiger partial charge >= 0.3 is 5.97 Å². The van der Waals surface area contributed by atoms with Crippen LogP contribution in [-0.4, -0.2) is 47.4 Å².